The lowest BCUT2D eigenvalue weighted by atomic mass is 9.98. The molecule has 4 nitrogen and oxygen atoms in total. The van der Waals surface area contributed by atoms with Crippen molar-refractivity contribution in [2.75, 3.05) is 38.0 Å². The van der Waals surface area contributed by atoms with Crippen LogP contribution in [0.3, 0.4) is 0 Å². The molecule has 0 bridgehead atoms. The molecule has 0 saturated heterocycles. The van der Waals surface area contributed by atoms with E-state index < -0.39 is 12.2 Å². The molecule has 2 rings (SSSR count). The summed E-state index contributed by atoms with van der Waals surface area (Å²) in [6, 6.07) is 15.5. The molecule has 2 atom stereocenters. The van der Waals surface area contributed by atoms with Gasteiger partial charge in [0.2, 0.25) is 0 Å². The van der Waals surface area contributed by atoms with Crippen molar-refractivity contribution in [1.29, 1.82) is 0 Å². The van der Waals surface area contributed by atoms with E-state index in [9.17, 15) is 10.2 Å². The van der Waals surface area contributed by atoms with Gasteiger partial charge in [0, 0.05) is 46.0 Å². The lowest BCUT2D eigenvalue weighted by Crippen LogP contribution is -2.10. The van der Waals surface area contributed by atoms with Crippen LogP contribution in [-0.2, 0) is 0 Å². The van der Waals surface area contributed by atoms with Crippen LogP contribution >= 0.6 is 0 Å². The fourth-order valence-electron chi connectivity index (χ4n) is 2.47. The number of aliphatic hydroxyl groups is 2. The molecule has 0 amide bonds. The third-order valence-corrected chi connectivity index (χ3v) is 4.04. The number of hydrogen-bond acceptors (Lipinski definition) is 4. The highest BCUT2D eigenvalue weighted by Crippen LogP contribution is 2.28. The van der Waals surface area contributed by atoms with E-state index in [1.807, 2.05) is 86.5 Å². The summed E-state index contributed by atoms with van der Waals surface area (Å²) in [5.74, 6) is 0. The minimum Gasteiger partial charge on any atom is -0.388 e. The Morgan fingerprint density at radius 3 is 1.22 bits per heavy atom. The summed E-state index contributed by atoms with van der Waals surface area (Å²) < 4.78 is 0. The topological polar surface area (TPSA) is 46.9 Å². The van der Waals surface area contributed by atoms with Gasteiger partial charge in [-0.15, -0.1) is 0 Å². The van der Waals surface area contributed by atoms with E-state index in [0.29, 0.717) is 0 Å². The Morgan fingerprint density at radius 1 is 0.652 bits per heavy atom. The molecule has 23 heavy (non-hydrogen) atoms. The summed E-state index contributed by atoms with van der Waals surface area (Å²) in [6.07, 6.45) is -1.09. The molecule has 0 aliphatic rings. The van der Waals surface area contributed by atoms with Crippen LogP contribution in [0.25, 0.3) is 0 Å². The smallest absolute Gasteiger partial charge is 0.0818 e. The van der Waals surface area contributed by atoms with Crippen LogP contribution in [-0.4, -0.2) is 38.4 Å². The number of benzene rings is 2. The summed E-state index contributed by atoms with van der Waals surface area (Å²) >= 11 is 0. The normalized spacial score (nSPS) is 13.5. The van der Waals surface area contributed by atoms with E-state index in [1.165, 1.54) is 0 Å². The van der Waals surface area contributed by atoms with E-state index in [0.717, 1.165) is 22.5 Å². The molecule has 0 heterocycles. The molecule has 0 aromatic heterocycles. The maximum atomic E-state index is 10.3. The van der Waals surface area contributed by atoms with E-state index in [2.05, 4.69) is 0 Å². The van der Waals surface area contributed by atoms with Gasteiger partial charge in [-0.05, 0) is 35.4 Å². The van der Waals surface area contributed by atoms with Crippen LogP contribution in [0.2, 0.25) is 0 Å². The molecule has 2 aromatic carbocycles. The molecule has 0 spiro atoms. The van der Waals surface area contributed by atoms with Crippen molar-refractivity contribution in [3.63, 3.8) is 0 Å². The van der Waals surface area contributed by atoms with Crippen molar-refractivity contribution >= 4 is 11.4 Å². The second-order valence-corrected chi connectivity index (χ2v) is 6.24. The first-order valence-corrected chi connectivity index (χ1v) is 7.79. The molecule has 0 fully saturated rings. The van der Waals surface area contributed by atoms with Crippen LogP contribution in [0.4, 0.5) is 11.4 Å². The zero-order valence-electron chi connectivity index (χ0n) is 14.3. The van der Waals surface area contributed by atoms with Crippen molar-refractivity contribution in [3.8, 4) is 0 Å². The molecular weight excluding hydrogens is 288 g/mol. The predicted octanol–water partition coefficient (Wildman–Crippen LogP) is 2.98. The monoisotopic (exact) mass is 314 g/mol. The third kappa shape index (κ3) is 4.47. The molecule has 4 heteroatoms. The van der Waals surface area contributed by atoms with Crippen LogP contribution in [0.5, 0.6) is 0 Å². The van der Waals surface area contributed by atoms with Crippen molar-refractivity contribution in [2.24, 2.45) is 0 Å². The molecule has 2 N–H and O–H groups in total. The summed E-state index contributed by atoms with van der Waals surface area (Å²) in [5, 5.41) is 20.7. The number of aliphatic hydroxyl groups excluding tert-OH is 2. The first-order valence-electron chi connectivity index (χ1n) is 7.79. The van der Waals surface area contributed by atoms with Gasteiger partial charge in [-0.1, -0.05) is 24.3 Å². The Balaban J connectivity index is 2.02. The van der Waals surface area contributed by atoms with Gasteiger partial charge in [-0.2, -0.15) is 0 Å². The third-order valence-electron chi connectivity index (χ3n) is 4.04. The van der Waals surface area contributed by atoms with Crippen LogP contribution in [0, 0.1) is 0 Å². The quantitative estimate of drug-likeness (QED) is 0.860. The van der Waals surface area contributed by atoms with Crippen molar-refractivity contribution in [2.45, 2.75) is 18.6 Å². The first kappa shape index (κ1) is 17.3. The number of hydrogen-bond donors (Lipinski definition) is 2. The van der Waals surface area contributed by atoms with Gasteiger partial charge < -0.3 is 20.0 Å². The molecule has 0 radical (unpaired) electrons. The van der Waals surface area contributed by atoms with Gasteiger partial charge in [-0.25, -0.2) is 0 Å². The first-order chi connectivity index (χ1) is 10.9. The zero-order valence-corrected chi connectivity index (χ0v) is 14.3. The average molecular weight is 314 g/mol. The predicted molar refractivity (Wildman–Crippen MR) is 96.1 cm³/mol. The Hall–Kier alpha value is -2.04. The number of nitrogens with zero attached hydrogens (tertiary/aromatic N) is 2. The zero-order chi connectivity index (χ0) is 17.0. The fraction of sp³-hybridized carbons (Fsp3) is 0.368. The highest BCUT2D eigenvalue weighted by atomic mass is 16.3. The minimum absolute atomic E-state index is 0.280. The highest BCUT2D eigenvalue weighted by Gasteiger charge is 2.16. The summed E-state index contributed by atoms with van der Waals surface area (Å²) in [7, 11) is 7.92. The Bertz CT molecular complexity index is 551. The van der Waals surface area contributed by atoms with Gasteiger partial charge in [0.05, 0.1) is 12.2 Å². The van der Waals surface area contributed by atoms with Gasteiger partial charge >= 0.3 is 0 Å². The van der Waals surface area contributed by atoms with Crippen LogP contribution in [0.15, 0.2) is 48.5 Å². The Kier molecular flexibility index (Phi) is 5.64. The molecule has 0 aliphatic carbocycles. The SMILES string of the molecule is CN(C)c1ccc(C(O)CC(O)c2ccc(N(C)C)cc2)cc1. The largest absolute Gasteiger partial charge is 0.388 e. The molecule has 2 aromatic rings. The van der Waals surface area contributed by atoms with Crippen LogP contribution in [0.1, 0.15) is 29.8 Å². The number of rotatable bonds is 6. The lowest BCUT2D eigenvalue weighted by Gasteiger charge is -2.19. The summed E-state index contributed by atoms with van der Waals surface area (Å²) in [6.45, 7) is 0. The minimum atomic E-state index is -0.685. The van der Waals surface area contributed by atoms with Gasteiger partial charge in [-0.3, -0.25) is 0 Å². The standard InChI is InChI=1S/C19H26N2O2/c1-20(2)16-9-5-14(6-10-16)18(22)13-19(23)15-7-11-17(12-8-15)21(3)4/h5-12,18-19,22-23H,13H2,1-4H3. The van der Waals surface area contributed by atoms with Crippen molar-refractivity contribution < 1.29 is 10.2 Å². The lowest BCUT2D eigenvalue weighted by molar-refractivity contribution is 0.0804. The summed E-state index contributed by atoms with van der Waals surface area (Å²) in [5.41, 5.74) is 3.81. The van der Waals surface area contributed by atoms with Crippen molar-refractivity contribution in [1.82, 2.24) is 0 Å². The van der Waals surface area contributed by atoms with Crippen LogP contribution < -0.4 is 9.80 Å². The van der Waals surface area contributed by atoms with E-state index in [4.69, 9.17) is 0 Å². The Labute approximate surface area is 138 Å². The average Bonchev–Trinajstić information content (AvgIpc) is 2.54. The maximum Gasteiger partial charge on any atom is 0.0818 e. The number of anilines is 2. The highest BCUT2D eigenvalue weighted by molar-refractivity contribution is 5.47. The van der Waals surface area contributed by atoms with E-state index >= 15 is 0 Å². The van der Waals surface area contributed by atoms with Gasteiger partial charge in [0.1, 0.15) is 0 Å². The van der Waals surface area contributed by atoms with Gasteiger partial charge in [0.15, 0.2) is 0 Å². The summed E-state index contributed by atoms with van der Waals surface area (Å²) in [4.78, 5) is 4.02. The van der Waals surface area contributed by atoms with E-state index in [1.54, 1.807) is 0 Å². The molecule has 124 valence electrons. The molecule has 0 saturated carbocycles. The maximum absolute atomic E-state index is 10.3. The second kappa shape index (κ2) is 7.49. The second-order valence-electron chi connectivity index (χ2n) is 6.24. The van der Waals surface area contributed by atoms with Crippen molar-refractivity contribution in [3.05, 3.63) is 59.7 Å². The van der Waals surface area contributed by atoms with Gasteiger partial charge in [0.25, 0.3) is 0 Å². The van der Waals surface area contributed by atoms with E-state index in [-0.39, 0.29) is 6.42 Å². The molecule has 2 unspecified atom stereocenters. The molecule has 0 aliphatic heterocycles. The molecular formula is C19H26N2O2. The Morgan fingerprint density at radius 2 is 0.957 bits per heavy atom. The fourth-order valence-corrected chi connectivity index (χ4v) is 2.47.